The summed E-state index contributed by atoms with van der Waals surface area (Å²) >= 11 is 2.42. The van der Waals surface area contributed by atoms with Gasteiger partial charge in [-0.1, -0.05) is 73.4 Å². The summed E-state index contributed by atoms with van der Waals surface area (Å²) in [6.45, 7) is 8.52. The van der Waals surface area contributed by atoms with E-state index in [9.17, 15) is 0 Å². The molecule has 0 unspecified atom stereocenters. The molecule has 1 heteroatoms. The van der Waals surface area contributed by atoms with Gasteiger partial charge in [-0.3, -0.25) is 0 Å². The average Bonchev–Trinajstić information content (AvgIpc) is 2.52. The molecule has 0 spiro atoms. The molecular weight excluding hydrogens is 319 g/mol. The second-order valence-corrected chi connectivity index (χ2v) is 5.93. The van der Waals surface area contributed by atoms with Crippen LogP contribution in [0.5, 0.6) is 0 Å². The summed E-state index contributed by atoms with van der Waals surface area (Å²) in [5, 5.41) is 0. The van der Waals surface area contributed by atoms with Gasteiger partial charge in [-0.2, -0.15) is 0 Å². The maximum Gasteiger partial charge on any atom is 0.0182 e. The molecule has 90 valence electrons. The van der Waals surface area contributed by atoms with Gasteiger partial charge in [-0.25, -0.2) is 0 Å². The van der Waals surface area contributed by atoms with Gasteiger partial charge in [0.05, 0.1) is 0 Å². The number of allylic oxidation sites excluding steroid dienone is 9. The molecule has 0 bridgehead atoms. The molecule has 0 saturated carbocycles. The van der Waals surface area contributed by atoms with Crippen molar-refractivity contribution in [3.8, 4) is 0 Å². The van der Waals surface area contributed by atoms with Gasteiger partial charge in [-0.05, 0) is 35.1 Å². The van der Waals surface area contributed by atoms with Crippen LogP contribution in [0.25, 0.3) is 0 Å². The molecule has 0 atom stereocenters. The fourth-order valence-electron chi connectivity index (χ4n) is 2.92. The largest absolute Gasteiger partial charge is 0.0990 e. The van der Waals surface area contributed by atoms with E-state index in [1.807, 2.05) is 6.08 Å². The van der Waals surface area contributed by atoms with Crippen LogP contribution in [0.1, 0.15) is 26.7 Å². The summed E-state index contributed by atoms with van der Waals surface area (Å²) < 4.78 is 1.06. The third kappa shape index (κ3) is 2.10. The SMILES string of the molecule is C=C/C=C1/C2=C(C=CCC2)C(C)(C)/C1=C/CI. The Balaban J connectivity index is 2.60. The van der Waals surface area contributed by atoms with Crippen molar-refractivity contribution in [1.82, 2.24) is 0 Å². The van der Waals surface area contributed by atoms with Crippen LogP contribution in [-0.4, -0.2) is 4.43 Å². The molecule has 0 N–H and O–H groups in total. The molecule has 0 radical (unpaired) electrons. The second kappa shape index (κ2) is 4.97. The maximum atomic E-state index is 3.86. The molecule has 0 aromatic rings. The first-order valence-electron chi connectivity index (χ1n) is 6.13. The molecule has 2 rings (SSSR count). The van der Waals surface area contributed by atoms with Crippen LogP contribution in [0.15, 0.2) is 59.3 Å². The molecule has 0 aromatic heterocycles. The van der Waals surface area contributed by atoms with Crippen LogP contribution in [0.4, 0.5) is 0 Å². The van der Waals surface area contributed by atoms with Crippen LogP contribution >= 0.6 is 22.6 Å². The Hall–Kier alpha value is -0.570. The van der Waals surface area contributed by atoms with Gasteiger partial charge in [0.2, 0.25) is 0 Å². The van der Waals surface area contributed by atoms with E-state index in [0.717, 1.165) is 4.43 Å². The van der Waals surface area contributed by atoms with E-state index < -0.39 is 0 Å². The zero-order valence-electron chi connectivity index (χ0n) is 10.6. The van der Waals surface area contributed by atoms with Crippen molar-refractivity contribution in [1.29, 1.82) is 0 Å². The molecule has 17 heavy (non-hydrogen) atoms. The van der Waals surface area contributed by atoms with Crippen LogP contribution in [0.2, 0.25) is 0 Å². The van der Waals surface area contributed by atoms with Gasteiger partial charge in [0.25, 0.3) is 0 Å². The number of rotatable bonds is 2. The summed E-state index contributed by atoms with van der Waals surface area (Å²) in [5.74, 6) is 0. The fraction of sp³-hybridized carbons (Fsp3) is 0.375. The lowest BCUT2D eigenvalue weighted by atomic mass is 9.80. The summed E-state index contributed by atoms with van der Waals surface area (Å²) in [4.78, 5) is 0. The summed E-state index contributed by atoms with van der Waals surface area (Å²) in [6.07, 6.45) is 13.4. The number of hydrogen-bond acceptors (Lipinski definition) is 0. The van der Waals surface area contributed by atoms with Gasteiger partial charge in [-0.15, -0.1) is 0 Å². The van der Waals surface area contributed by atoms with Crippen LogP contribution in [0, 0.1) is 5.41 Å². The molecular formula is C16H19I. The van der Waals surface area contributed by atoms with Gasteiger partial charge < -0.3 is 0 Å². The van der Waals surface area contributed by atoms with Crippen molar-refractivity contribution < 1.29 is 0 Å². The Morgan fingerprint density at radius 1 is 1.47 bits per heavy atom. The molecule has 0 nitrogen and oxygen atoms in total. The van der Waals surface area contributed by atoms with E-state index in [0.29, 0.717) is 0 Å². The number of hydrogen-bond donors (Lipinski definition) is 0. The summed E-state index contributed by atoms with van der Waals surface area (Å²) in [6, 6.07) is 0. The lowest BCUT2D eigenvalue weighted by molar-refractivity contribution is 0.575. The molecule has 2 aliphatic rings. The Labute approximate surface area is 118 Å². The topological polar surface area (TPSA) is 0 Å². The van der Waals surface area contributed by atoms with Gasteiger partial charge in [0.1, 0.15) is 0 Å². The molecule has 0 heterocycles. The number of halogens is 1. The zero-order valence-corrected chi connectivity index (χ0v) is 12.8. The van der Waals surface area contributed by atoms with Crippen LogP contribution < -0.4 is 0 Å². The third-order valence-electron chi connectivity index (χ3n) is 3.70. The third-order valence-corrected chi connectivity index (χ3v) is 4.14. The standard InChI is InChI=1S/C16H19I/c1-4-7-12-13-8-5-6-9-14(13)16(2,3)15(12)10-11-17/h4,6-7,9-10H,1,5,8,11H2,2-3H3/b12-7-,15-10+. The van der Waals surface area contributed by atoms with Crippen molar-refractivity contribution >= 4 is 22.6 Å². The van der Waals surface area contributed by atoms with Gasteiger partial charge >= 0.3 is 0 Å². The molecule has 0 aliphatic heterocycles. The smallest absolute Gasteiger partial charge is 0.0182 e. The Morgan fingerprint density at radius 2 is 2.24 bits per heavy atom. The highest BCUT2D eigenvalue weighted by molar-refractivity contribution is 14.1. The Morgan fingerprint density at radius 3 is 2.88 bits per heavy atom. The summed E-state index contributed by atoms with van der Waals surface area (Å²) in [5.41, 5.74) is 6.09. The zero-order chi connectivity index (χ0) is 12.5. The highest BCUT2D eigenvalue weighted by Crippen LogP contribution is 2.53. The van der Waals surface area contributed by atoms with Crippen molar-refractivity contribution in [3.63, 3.8) is 0 Å². The molecule has 0 aromatic carbocycles. The van der Waals surface area contributed by atoms with Gasteiger partial charge in [0.15, 0.2) is 0 Å². The van der Waals surface area contributed by atoms with E-state index in [1.54, 1.807) is 0 Å². The maximum absolute atomic E-state index is 3.86. The average molecular weight is 338 g/mol. The van der Waals surface area contributed by atoms with E-state index in [-0.39, 0.29) is 5.41 Å². The van der Waals surface area contributed by atoms with Crippen LogP contribution in [0.3, 0.4) is 0 Å². The molecule has 2 aliphatic carbocycles. The second-order valence-electron chi connectivity index (χ2n) is 5.05. The van der Waals surface area contributed by atoms with Crippen molar-refractivity contribution in [2.24, 2.45) is 5.41 Å². The van der Waals surface area contributed by atoms with Gasteiger partial charge in [0, 0.05) is 9.84 Å². The monoisotopic (exact) mass is 338 g/mol. The summed E-state index contributed by atoms with van der Waals surface area (Å²) in [7, 11) is 0. The lowest BCUT2D eigenvalue weighted by Gasteiger charge is -2.24. The molecule has 0 fully saturated rings. The highest BCUT2D eigenvalue weighted by Gasteiger charge is 2.38. The van der Waals surface area contributed by atoms with Crippen LogP contribution in [-0.2, 0) is 0 Å². The van der Waals surface area contributed by atoms with E-state index >= 15 is 0 Å². The van der Waals surface area contributed by atoms with E-state index in [2.05, 4.69) is 67.3 Å². The first kappa shape index (κ1) is 12.9. The first-order valence-corrected chi connectivity index (χ1v) is 7.65. The minimum Gasteiger partial charge on any atom is -0.0990 e. The lowest BCUT2D eigenvalue weighted by Crippen LogP contribution is -2.13. The minimum atomic E-state index is 0.159. The van der Waals surface area contributed by atoms with E-state index in [1.165, 1.54) is 35.1 Å². The highest BCUT2D eigenvalue weighted by atomic mass is 127. The Kier molecular flexibility index (Phi) is 3.76. The molecule has 0 amide bonds. The number of alkyl halides is 1. The van der Waals surface area contributed by atoms with Crippen molar-refractivity contribution in [3.05, 3.63) is 59.3 Å². The molecule has 0 saturated heterocycles. The fourth-order valence-corrected chi connectivity index (χ4v) is 3.36. The first-order chi connectivity index (χ1) is 8.12. The quantitative estimate of drug-likeness (QED) is 0.483. The normalized spacial score (nSPS) is 26.8. The minimum absolute atomic E-state index is 0.159. The predicted molar refractivity (Wildman–Crippen MR) is 84.4 cm³/mol. The van der Waals surface area contributed by atoms with Crippen molar-refractivity contribution in [2.45, 2.75) is 26.7 Å². The predicted octanol–water partition coefficient (Wildman–Crippen LogP) is 5.15. The Bertz CT molecular complexity index is 456. The van der Waals surface area contributed by atoms with Crippen molar-refractivity contribution in [2.75, 3.05) is 4.43 Å². The van der Waals surface area contributed by atoms with E-state index in [4.69, 9.17) is 0 Å².